The molecule has 0 bridgehead atoms. The smallest absolute Gasteiger partial charge is 0.293 e. The van der Waals surface area contributed by atoms with Crippen molar-refractivity contribution >= 4 is 22.4 Å². The van der Waals surface area contributed by atoms with Gasteiger partial charge < -0.3 is 10.1 Å². The predicted octanol–water partition coefficient (Wildman–Crippen LogP) is 1.95. The van der Waals surface area contributed by atoms with Crippen LogP contribution in [0.3, 0.4) is 0 Å². The second-order valence-electron chi connectivity index (χ2n) is 4.42. The maximum Gasteiger partial charge on any atom is 0.293 e. The van der Waals surface area contributed by atoms with Crippen molar-refractivity contribution in [3.63, 3.8) is 0 Å². The fourth-order valence-corrected chi connectivity index (χ4v) is 1.15. The third kappa shape index (κ3) is 7.33. The lowest BCUT2D eigenvalue weighted by molar-refractivity contribution is -0.138. The van der Waals surface area contributed by atoms with Crippen LogP contribution in [0.2, 0.25) is 0 Å². The predicted molar refractivity (Wildman–Crippen MR) is 61.7 cm³/mol. The van der Waals surface area contributed by atoms with E-state index in [1.807, 2.05) is 20.8 Å². The van der Waals surface area contributed by atoms with Gasteiger partial charge in [-0.1, -0.05) is 22.9 Å². The zero-order chi connectivity index (χ0) is 11.2. The Hall–Kier alpha value is -0.0900. The molecular formula is C10H20BrNO2. The first-order valence-electron chi connectivity index (χ1n) is 4.83. The van der Waals surface area contributed by atoms with E-state index in [4.69, 9.17) is 0 Å². The molecular weight excluding hydrogens is 246 g/mol. The number of ether oxygens (including phenoxy) is 1. The minimum Gasteiger partial charge on any atom is -0.462 e. The highest BCUT2D eigenvalue weighted by atomic mass is 79.9. The van der Waals surface area contributed by atoms with Gasteiger partial charge in [-0.2, -0.15) is 0 Å². The molecule has 0 aromatic heterocycles. The molecule has 0 aromatic carbocycles. The van der Waals surface area contributed by atoms with E-state index in [-0.39, 0.29) is 5.60 Å². The Labute approximate surface area is 94.7 Å². The summed E-state index contributed by atoms with van der Waals surface area (Å²) in [6.45, 7) is 10.5. The third-order valence-corrected chi connectivity index (χ3v) is 2.61. The normalized spacial score (nSPS) is 18.6. The van der Waals surface area contributed by atoms with Gasteiger partial charge in [-0.15, -0.1) is 0 Å². The van der Waals surface area contributed by atoms with Gasteiger partial charge in [-0.25, -0.2) is 0 Å². The maximum atomic E-state index is 9.60. The first-order chi connectivity index (χ1) is 6.37. The van der Waals surface area contributed by atoms with Gasteiger partial charge in [0.05, 0.1) is 0 Å². The van der Waals surface area contributed by atoms with Crippen LogP contribution in [0.1, 0.15) is 27.7 Å². The van der Waals surface area contributed by atoms with Crippen molar-refractivity contribution in [2.24, 2.45) is 5.92 Å². The molecule has 1 heterocycles. The average Bonchev–Trinajstić information content (AvgIpc) is 1.78. The van der Waals surface area contributed by atoms with Crippen molar-refractivity contribution in [2.45, 2.75) is 38.1 Å². The second kappa shape index (κ2) is 6.40. The molecule has 4 heteroatoms. The first-order valence-corrected chi connectivity index (χ1v) is 5.74. The Morgan fingerprint density at radius 2 is 2.00 bits per heavy atom. The minimum absolute atomic E-state index is 0.318. The van der Waals surface area contributed by atoms with Crippen molar-refractivity contribution in [3.8, 4) is 0 Å². The Morgan fingerprint density at radius 1 is 1.50 bits per heavy atom. The van der Waals surface area contributed by atoms with Crippen molar-refractivity contribution in [2.75, 3.05) is 13.1 Å². The van der Waals surface area contributed by atoms with E-state index in [2.05, 4.69) is 32.9 Å². The average molecular weight is 266 g/mol. The fourth-order valence-electron chi connectivity index (χ4n) is 0.780. The van der Waals surface area contributed by atoms with E-state index >= 15 is 0 Å². The Morgan fingerprint density at radius 3 is 2.00 bits per heavy atom. The summed E-state index contributed by atoms with van der Waals surface area (Å²) in [5.41, 5.74) is -0.318. The number of carbonyl (C=O) groups excluding carboxylic acids is 1. The summed E-state index contributed by atoms with van der Waals surface area (Å²) in [5.74, 6) is 0.889. The van der Waals surface area contributed by atoms with Gasteiger partial charge in [0.25, 0.3) is 6.47 Å². The lowest BCUT2D eigenvalue weighted by Crippen LogP contribution is -2.45. The summed E-state index contributed by atoms with van der Waals surface area (Å²) in [5, 5.41) is 3.21. The minimum atomic E-state index is -0.318. The quantitative estimate of drug-likeness (QED) is 0.613. The zero-order valence-electron chi connectivity index (χ0n) is 9.34. The van der Waals surface area contributed by atoms with Crippen LogP contribution in [0, 0.1) is 5.92 Å². The van der Waals surface area contributed by atoms with E-state index in [0.717, 1.165) is 5.92 Å². The highest BCUT2D eigenvalue weighted by Gasteiger charge is 2.20. The lowest BCUT2D eigenvalue weighted by Gasteiger charge is -2.29. The van der Waals surface area contributed by atoms with Crippen LogP contribution in [0.4, 0.5) is 0 Å². The third-order valence-electron chi connectivity index (χ3n) is 1.86. The molecule has 0 radical (unpaired) electrons. The standard InChI is InChI=1S/C5H10BrN.C5H10O2/c1-4(6)5-2-7-3-5;1-5(2,3)7-4-6/h4-5,7H,2-3H2,1H3;4H,1-3H3. The van der Waals surface area contributed by atoms with E-state index < -0.39 is 0 Å². The summed E-state index contributed by atoms with van der Waals surface area (Å²) in [6.07, 6.45) is 0. The van der Waals surface area contributed by atoms with E-state index in [0.29, 0.717) is 11.3 Å². The number of alkyl halides is 1. The number of hydrogen-bond donors (Lipinski definition) is 1. The van der Waals surface area contributed by atoms with Gasteiger partial charge >= 0.3 is 0 Å². The van der Waals surface area contributed by atoms with Crippen LogP contribution in [0.15, 0.2) is 0 Å². The first kappa shape index (κ1) is 13.9. The Balaban J connectivity index is 0.000000241. The van der Waals surface area contributed by atoms with Crippen LogP contribution < -0.4 is 5.32 Å². The molecule has 0 amide bonds. The fraction of sp³-hybridized carbons (Fsp3) is 0.900. The van der Waals surface area contributed by atoms with Gasteiger partial charge in [0.15, 0.2) is 0 Å². The van der Waals surface area contributed by atoms with Crippen molar-refractivity contribution in [1.29, 1.82) is 0 Å². The number of halogens is 1. The molecule has 14 heavy (non-hydrogen) atoms. The van der Waals surface area contributed by atoms with Crippen molar-refractivity contribution < 1.29 is 9.53 Å². The molecule has 3 nitrogen and oxygen atoms in total. The summed E-state index contributed by atoms with van der Waals surface area (Å²) in [6, 6.07) is 0. The molecule has 0 aromatic rings. The van der Waals surface area contributed by atoms with E-state index in [1.54, 1.807) is 0 Å². The van der Waals surface area contributed by atoms with Gasteiger partial charge in [0.2, 0.25) is 0 Å². The topological polar surface area (TPSA) is 38.3 Å². The number of hydrogen-bond acceptors (Lipinski definition) is 3. The van der Waals surface area contributed by atoms with Gasteiger partial charge in [-0.05, 0) is 26.7 Å². The number of carbonyl (C=O) groups is 1. The van der Waals surface area contributed by atoms with Crippen LogP contribution in [-0.4, -0.2) is 30.0 Å². The summed E-state index contributed by atoms with van der Waals surface area (Å²) in [7, 11) is 0. The SMILES string of the molecule is CC(Br)C1CNC1.CC(C)(C)OC=O. The monoisotopic (exact) mass is 265 g/mol. The number of nitrogens with one attached hydrogen (secondary N) is 1. The molecule has 1 unspecified atom stereocenters. The van der Waals surface area contributed by atoms with Crippen LogP contribution >= 0.6 is 15.9 Å². The molecule has 1 atom stereocenters. The maximum absolute atomic E-state index is 9.60. The van der Waals surface area contributed by atoms with Gasteiger partial charge in [-0.3, -0.25) is 4.79 Å². The molecule has 0 saturated carbocycles. The molecule has 1 saturated heterocycles. The molecule has 1 N–H and O–H groups in total. The summed E-state index contributed by atoms with van der Waals surface area (Å²) < 4.78 is 4.55. The molecule has 1 aliphatic rings. The van der Waals surface area contributed by atoms with Crippen LogP contribution in [-0.2, 0) is 9.53 Å². The lowest BCUT2D eigenvalue weighted by atomic mass is 10.0. The largest absolute Gasteiger partial charge is 0.462 e. The molecule has 0 spiro atoms. The highest BCUT2D eigenvalue weighted by Crippen LogP contribution is 2.15. The summed E-state index contributed by atoms with van der Waals surface area (Å²) >= 11 is 3.51. The molecule has 0 aliphatic carbocycles. The van der Waals surface area contributed by atoms with Crippen molar-refractivity contribution in [3.05, 3.63) is 0 Å². The molecule has 1 aliphatic heterocycles. The highest BCUT2D eigenvalue weighted by molar-refractivity contribution is 9.09. The molecule has 1 rings (SSSR count). The number of rotatable bonds is 2. The second-order valence-corrected chi connectivity index (χ2v) is 5.87. The Kier molecular flexibility index (Phi) is 6.36. The Bertz CT molecular complexity index is 162. The van der Waals surface area contributed by atoms with Crippen LogP contribution in [0.25, 0.3) is 0 Å². The van der Waals surface area contributed by atoms with Gasteiger partial charge in [0, 0.05) is 17.9 Å². The van der Waals surface area contributed by atoms with E-state index in [1.165, 1.54) is 13.1 Å². The molecule has 1 fully saturated rings. The molecule has 84 valence electrons. The summed E-state index contributed by atoms with van der Waals surface area (Å²) in [4.78, 5) is 10.3. The van der Waals surface area contributed by atoms with Crippen LogP contribution in [0.5, 0.6) is 0 Å². The zero-order valence-corrected chi connectivity index (χ0v) is 10.9. The van der Waals surface area contributed by atoms with E-state index in [9.17, 15) is 4.79 Å². The van der Waals surface area contributed by atoms with Crippen molar-refractivity contribution in [1.82, 2.24) is 5.32 Å². The van der Waals surface area contributed by atoms with Gasteiger partial charge in [0.1, 0.15) is 5.60 Å².